The van der Waals surface area contributed by atoms with Crippen LogP contribution in [0, 0.1) is 0 Å². The second kappa shape index (κ2) is 5.62. The summed E-state index contributed by atoms with van der Waals surface area (Å²) in [5.41, 5.74) is -1.04. The lowest BCUT2D eigenvalue weighted by Gasteiger charge is -2.20. The van der Waals surface area contributed by atoms with Crippen LogP contribution in [0.4, 0.5) is 19.0 Å². The second-order valence-corrected chi connectivity index (χ2v) is 3.23. The van der Waals surface area contributed by atoms with E-state index in [0.29, 0.717) is 6.54 Å². The van der Waals surface area contributed by atoms with Crippen molar-refractivity contribution in [3.05, 3.63) is 30.5 Å². The van der Waals surface area contributed by atoms with Crippen molar-refractivity contribution in [3.8, 4) is 0 Å². The van der Waals surface area contributed by atoms with Crippen molar-refractivity contribution in [1.29, 1.82) is 0 Å². The van der Waals surface area contributed by atoms with Gasteiger partial charge in [0.15, 0.2) is 11.5 Å². The van der Waals surface area contributed by atoms with Gasteiger partial charge in [0.25, 0.3) is 0 Å². The lowest BCUT2D eigenvalue weighted by molar-refractivity contribution is -0.141. The van der Waals surface area contributed by atoms with E-state index < -0.39 is 11.9 Å². The van der Waals surface area contributed by atoms with Gasteiger partial charge in [0.05, 0.1) is 6.61 Å². The smallest absolute Gasteiger partial charge is 0.395 e. The fourth-order valence-electron chi connectivity index (χ4n) is 1.22. The molecule has 0 fully saturated rings. The Labute approximate surface area is 96.4 Å². The van der Waals surface area contributed by atoms with Crippen LogP contribution in [0.5, 0.6) is 0 Å². The number of anilines is 1. The highest BCUT2D eigenvalue weighted by Gasteiger charge is 2.33. The lowest BCUT2D eigenvalue weighted by Crippen LogP contribution is -2.28. The third-order valence-electron chi connectivity index (χ3n) is 1.98. The van der Waals surface area contributed by atoms with Gasteiger partial charge in [-0.05, 0) is 12.1 Å². The Hall–Kier alpha value is -1.63. The van der Waals surface area contributed by atoms with Crippen LogP contribution in [0.3, 0.4) is 0 Å². The minimum atomic E-state index is -4.49. The van der Waals surface area contributed by atoms with Crippen LogP contribution >= 0.6 is 0 Å². The Morgan fingerprint density at radius 2 is 2.06 bits per heavy atom. The fourth-order valence-corrected chi connectivity index (χ4v) is 1.22. The summed E-state index contributed by atoms with van der Waals surface area (Å²) in [7, 11) is 0. The van der Waals surface area contributed by atoms with Gasteiger partial charge in [-0.1, -0.05) is 6.08 Å². The molecule has 0 atom stereocenters. The first-order valence-corrected chi connectivity index (χ1v) is 4.86. The van der Waals surface area contributed by atoms with Crippen LogP contribution in [0.25, 0.3) is 0 Å². The molecule has 0 saturated carbocycles. The van der Waals surface area contributed by atoms with Gasteiger partial charge in [0.1, 0.15) is 0 Å². The van der Waals surface area contributed by atoms with Crippen LogP contribution in [0.2, 0.25) is 0 Å². The largest absolute Gasteiger partial charge is 0.435 e. The van der Waals surface area contributed by atoms with Crippen LogP contribution in [0.1, 0.15) is 5.69 Å². The van der Waals surface area contributed by atoms with E-state index in [2.05, 4.69) is 16.8 Å². The molecule has 0 amide bonds. The van der Waals surface area contributed by atoms with E-state index in [9.17, 15) is 13.2 Å². The Morgan fingerprint density at radius 1 is 1.35 bits per heavy atom. The van der Waals surface area contributed by atoms with Crippen molar-refractivity contribution >= 4 is 5.82 Å². The predicted molar refractivity (Wildman–Crippen MR) is 56.5 cm³/mol. The van der Waals surface area contributed by atoms with Gasteiger partial charge in [-0.3, -0.25) is 0 Å². The van der Waals surface area contributed by atoms with Crippen molar-refractivity contribution in [2.45, 2.75) is 6.18 Å². The summed E-state index contributed by atoms with van der Waals surface area (Å²) in [6.07, 6.45) is -2.93. The zero-order valence-corrected chi connectivity index (χ0v) is 8.98. The maximum Gasteiger partial charge on any atom is 0.435 e. The summed E-state index contributed by atoms with van der Waals surface area (Å²) in [6, 6.07) is 2.07. The number of aliphatic hydroxyl groups excluding tert-OH is 1. The molecule has 0 aliphatic heterocycles. The Kier molecular flexibility index (Phi) is 4.45. The van der Waals surface area contributed by atoms with Crippen molar-refractivity contribution in [3.63, 3.8) is 0 Å². The number of aliphatic hydroxyl groups is 1. The Bertz CT molecular complexity index is 364. The van der Waals surface area contributed by atoms with Crippen LogP contribution in [0.15, 0.2) is 24.8 Å². The third-order valence-corrected chi connectivity index (χ3v) is 1.98. The summed E-state index contributed by atoms with van der Waals surface area (Å²) in [5.74, 6) is 0.270. The molecule has 0 aromatic carbocycles. The highest BCUT2D eigenvalue weighted by atomic mass is 19.4. The van der Waals surface area contributed by atoms with E-state index in [1.807, 2.05) is 0 Å². The lowest BCUT2D eigenvalue weighted by atomic mass is 10.3. The molecule has 0 spiro atoms. The number of hydrogen-bond donors (Lipinski definition) is 1. The normalized spacial score (nSPS) is 11.3. The molecule has 0 aliphatic carbocycles. The summed E-state index contributed by atoms with van der Waals surface area (Å²) in [6.45, 7) is 4.02. The molecule has 17 heavy (non-hydrogen) atoms. The van der Waals surface area contributed by atoms with Crippen LogP contribution in [-0.2, 0) is 6.18 Å². The van der Waals surface area contributed by atoms with E-state index in [1.165, 1.54) is 6.07 Å². The first kappa shape index (κ1) is 13.4. The molecule has 1 aromatic heterocycles. The van der Waals surface area contributed by atoms with Gasteiger partial charge in [0.2, 0.25) is 0 Å². The number of aromatic nitrogens is 2. The SMILES string of the molecule is C=CCN(CCO)c1ccc(C(F)(F)F)nn1. The van der Waals surface area contributed by atoms with Gasteiger partial charge in [-0.25, -0.2) is 0 Å². The topological polar surface area (TPSA) is 49.2 Å². The molecule has 1 rings (SSSR count). The number of nitrogens with zero attached hydrogens (tertiary/aromatic N) is 3. The maximum atomic E-state index is 12.2. The molecular formula is C10H12F3N3O. The summed E-state index contributed by atoms with van der Waals surface area (Å²) in [5, 5.41) is 15.4. The molecule has 1 N–H and O–H groups in total. The van der Waals surface area contributed by atoms with Gasteiger partial charge in [-0.2, -0.15) is 13.2 Å². The highest BCUT2D eigenvalue weighted by molar-refractivity contribution is 5.38. The molecule has 0 radical (unpaired) electrons. The average Bonchev–Trinajstić information content (AvgIpc) is 2.28. The quantitative estimate of drug-likeness (QED) is 0.801. The number of hydrogen-bond acceptors (Lipinski definition) is 4. The minimum absolute atomic E-state index is 0.128. The predicted octanol–water partition coefficient (Wildman–Crippen LogP) is 1.48. The van der Waals surface area contributed by atoms with Gasteiger partial charge in [-0.15, -0.1) is 16.8 Å². The zero-order chi connectivity index (χ0) is 12.9. The third kappa shape index (κ3) is 3.70. The van der Waals surface area contributed by atoms with E-state index in [1.54, 1.807) is 11.0 Å². The second-order valence-electron chi connectivity index (χ2n) is 3.23. The van der Waals surface area contributed by atoms with E-state index in [4.69, 9.17) is 5.11 Å². The van der Waals surface area contributed by atoms with Crippen molar-refractivity contribution in [2.75, 3.05) is 24.6 Å². The average molecular weight is 247 g/mol. The minimum Gasteiger partial charge on any atom is -0.395 e. The zero-order valence-electron chi connectivity index (χ0n) is 8.98. The fraction of sp³-hybridized carbons (Fsp3) is 0.400. The molecule has 0 saturated heterocycles. The maximum absolute atomic E-state index is 12.2. The molecule has 4 nitrogen and oxygen atoms in total. The number of rotatable bonds is 5. The summed E-state index contributed by atoms with van der Waals surface area (Å²) in [4.78, 5) is 1.57. The van der Waals surface area contributed by atoms with E-state index in [0.717, 1.165) is 6.07 Å². The first-order valence-electron chi connectivity index (χ1n) is 4.86. The molecule has 0 aliphatic rings. The first-order chi connectivity index (χ1) is 7.99. The van der Waals surface area contributed by atoms with Crippen molar-refractivity contribution in [2.24, 2.45) is 0 Å². The highest BCUT2D eigenvalue weighted by Crippen LogP contribution is 2.27. The summed E-state index contributed by atoms with van der Waals surface area (Å²) < 4.78 is 36.7. The Morgan fingerprint density at radius 3 is 2.47 bits per heavy atom. The molecule has 94 valence electrons. The molecule has 1 heterocycles. The molecule has 1 aromatic rings. The Balaban J connectivity index is 2.87. The number of halogens is 3. The van der Waals surface area contributed by atoms with Crippen molar-refractivity contribution < 1.29 is 18.3 Å². The van der Waals surface area contributed by atoms with Crippen LogP contribution in [-0.4, -0.2) is 35.0 Å². The molecule has 0 bridgehead atoms. The molecular weight excluding hydrogens is 235 g/mol. The monoisotopic (exact) mass is 247 g/mol. The van der Waals surface area contributed by atoms with Gasteiger partial charge < -0.3 is 10.0 Å². The molecule has 7 heteroatoms. The molecule has 0 unspecified atom stereocenters. The van der Waals surface area contributed by atoms with Gasteiger partial charge >= 0.3 is 6.18 Å². The van der Waals surface area contributed by atoms with E-state index >= 15 is 0 Å². The van der Waals surface area contributed by atoms with Crippen LogP contribution < -0.4 is 4.90 Å². The number of alkyl halides is 3. The summed E-state index contributed by atoms with van der Waals surface area (Å²) >= 11 is 0. The standard InChI is InChI=1S/C10H12F3N3O/c1-2-5-16(6-7-17)9-4-3-8(14-15-9)10(11,12)13/h2-4,17H,1,5-7H2. The van der Waals surface area contributed by atoms with Crippen molar-refractivity contribution in [1.82, 2.24) is 10.2 Å². The van der Waals surface area contributed by atoms with Gasteiger partial charge in [0, 0.05) is 13.1 Å². The van der Waals surface area contributed by atoms with E-state index in [-0.39, 0.29) is 19.0 Å².